The molecule has 1 atom stereocenters. The van der Waals surface area contributed by atoms with Crippen molar-refractivity contribution in [1.29, 1.82) is 0 Å². The number of amides is 1. The first-order valence-electron chi connectivity index (χ1n) is 14.0. The molecule has 0 spiro atoms. The molecule has 1 aliphatic heterocycles. The number of carbonyl (C=O) groups excluding carboxylic acids is 2. The maximum Gasteiger partial charge on any atom is 0.416 e. The summed E-state index contributed by atoms with van der Waals surface area (Å²) in [5.41, 5.74) is 1.40. The molecule has 1 fully saturated rings. The number of nitrogens with one attached hydrogen (secondary N) is 1. The van der Waals surface area contributed by atoms with E-state index in [2.05, 4.69) is 10.3 Å². The second-order valence-electron chi connectivity index (χ2n) is 10.6. The summed E-state index contributed by atoms with van der Waals surface area (Å²) in [7, 11) is 1.62. The average Bonchev–Trinajstić information content (AvgIpc) is 3.03. The molecule has 5 rings (SSSR count). The van der Waals surface area contributed by atoms with Gasteiger partial charge in [0.05, 0.1) is 22.4 Å². The van der Waals surface area contributed by atoms with Gasteiger partial charge in [-0.15, -0.1) is 0 Å². The van der Waals surface area contributed by atoms with E-state index < -0.39 is 35.4 Å². The highest BCUT2D eigenvalue weighted by atomic mass is 19.4. The van der Waals surface area contributed by atoms with Crippen LogP contribution >= 0.6 is 0 Å². The molecule has 4 aromatic rings. The average molecular weight is 627 g/mol. The van der Waals surface area contributed by atoms with E-state index in [9.17, 15) is 35.9 Å². The van der Waals surface area contributed by atoms with Crippen molar-refractivity contribution in [3.8, 4) is 22.3 Å². The number of pyridine rings is 1. The Kier molecular flexibility index (Phi) is 8.96. The quantitative estimate of drug-likeness (QED) is 0.177. The number of alkyl halides is 6. The molecule has 1 N–H and O–H groups in total. The molecule has 45 heavy (non-hydrogen) atoms. The molecule has 1 aliphatic rings. The molecule has 1 saturated heterocycles. The van der Waals surface area contributed by atoms with E-state index in [4.69, 9.17) is 0 Å². The number of aldehydes is 1. The van der Waals surface area contributed by atoms with E-state index in [1.807, 2.05) is 4.90 Å². The second-order valence-corrected chi connectivity index (χ2v) is 10.6. The summed E-state index contributed by atoms with van der Waals surface area (Å²) in [6, 6.07) is 17.2. The van der Waals surface area contributed by atoms with E-state index in [1.54, 1.807) is 37.4 Å². The maximum atomic E-state index is 13.7. The van der Waals surface area contributed by atoms with Crippen molar-refractivity contribution >= 4 is 17.9 Å². The molecule has 2 heterocycles. The van der Waals surface area contributed by atoms with Gasteiger partial charge in [0, 0.05) is 50.7 Å². The fourth-order valence-electron chi connectivity index (χ4n) is 5.32. The zero-order valence-corrected chi connectivity index (χ0v) is 24.0. The van der Waals surface area contributed by atoms with Gasteiger partial charge in [-0.1, -0.05) is 36.4 Å². The van der Waals surface area contributed by atoms with Gasteiger partial charge in [0.15, 0.2) is 0 Å². The summed E-state index contributed by atoms with van der Waals surface area (Å²) in [6.07, 6.45) is -6.79. The SMILES string of the molecule is CNc1ccc(-c2cccc(C(F)(F)F)c2)cc1C(=O)N1CCN(Cc2ccc(-c3cccc(C(F)(F)F)c3)cn2)CC1C=O. The standard InChI is InChI=1S/C33H28F6N4O2/c1-40-30-11-9-23(21-4-2-6-25(14-21)32(34,35)36)16-29(30)31(45)43-13-12-42(19-28(43)20-44)18-27-10-8-24(17-41-27)22-5-3-7-26(15-22)33(37,38)39/h2-11,14-17,20,28,40H,12-13,18-19H2,1H3. The van der Waals surface area contributed by atoms with Crippen molar-refractivity contribution in [1.82, 2.24) is 14.8 Å². The van der Waals surface area contributed by atoms with Crippen LogP contribution in [0, 0.1) is 0 Å². The van der Waals surface area contributed by atoms with Gasteiger partial charge in [-0.3, -0.25) is 14.7 Å². The summed E-state index contributed by atoms with van der Waals surface area (Å²) in [4.78, 5) is 33.7. The number of nitrogens with zero attached hydrogens (tertiary/aromatic N) is 3. The van der Waals surface area contributed by atoms with Gasteiger partial charge < -0.3 is 15.0 Å². The highest BCUT2D eigenvalue weighted by molar-refractivity contribution is 6.02. The fourth-order valence-corrected chi connectivity index (χ4v) is 5.32. The van der Waals surface area contributed by atoms with E-state index in [0.717, 1.165) is 24.3 Å². The van der Waals surface area contributed by atoms with Crippen molar-refractivity contribution in [2.75, 3.05) is 32.0 Å². The summed E-state index contributed by atoms with van der Waals surface area (Å²) in [5, 5.41) is 2.94. The van der Waals surface area contributed by atoms with Crippen molar-refractivity contribution in [2.24, 2.45) is 0 Å². The van der Waals surface area contributed by atoms with Gasteiger partial charge >= 0.3 is 12.4 Å². The van der Waals surface area contributed by atoms with Crippen molar-refractivity contribution in [2.45, 2.75) is 24.9 Å². The van der Waals surface area contributed by atoms with Gasteiger partial charge in [0.1, 0.15) is 12.3 Å². The molecule has 12 heteroatoms. The molecule has 6 nitrogen and oxygen atoms in total. The lowest BCUT2D eigenvalue weighted by molar-refractivity contribution is -0.138. The number of rotatable bonds is 7. The first kappa shape index (κ1) is 31.7. The van der Waals surface area contributed by atoms with Crippen LogP contribution < -0.4 is 5.32 Å². The molecular formula is C33H28F6N4O2. The number of hydrogen-bond acceptors (Lipinski definition) is 5. The summed E-state index contributed by atoms with van der Waals surface area (Å²) < 4.78 is 79.2. The Hall–Kier alpha value is -4.71. The number of piperazine rings is 1. The lowest BCUT2D eigenvalue weighted by Crippen LogP contribution is -2.55. The van der Waals surface area contributed by atoms with Crippen LogP contribution in [-0.2, 0) is 23.7 Å². The lowest BCUT2D eigenvalue weighted by Gasteiger charge is -2.39. The largest absolute Gasteiger partial charge is 0.416 e. The number of halogens is 6. The number of benzene rings is 3. The third kappa shape index (κ3) is 7.17. The molecule has 3 aromatic carbocycles. The van der Waals surface area contributed by atoms with Crippen molar-refractivity contribution in [3.63, 3.8) is 0 Å². The Morgan fingerprint density at radius 1 is 0.844 bits per heavy atom. The predicted molar refractivity (Wildman–Crippen MR) is 157 cm³/mol. The van der Waals surface area contributed by atoms with Crippen LogP contribution in [0.15, 0.2) is 85.1 Å². The van der Waals surface area contributed by atoms with Gasteiger partial charge in [-0.25, -0.2) is 0 Å². The van der Waals surface area contributed by atoms with Crippen LogP contribution in [-0.4, -0.2) is 59.7 Å². The Morgan fingerprint density at radius 3 is 2.00 bits per heavy atom. The molecule has 0 saturated carbocycles. The third-order valence-corrected chi connectivity index (χ3v) is 7.70. The smallest absolute Gasteiger partial charge is 0.387 e. The van der Waals surface area contributed by atoms with Gasteiger partial charge in [-0.05, 0) is 59.2 Å². The van der Waals surface area contributed by atoms with Gasteiger partial charge in [0.2, 0.25) is 0 Å². The number of carbonyl (C=O) groups is 2. The van der Waals surface area contributed by atoms with E-state index in [1.165, 1.54) is 35.4 Å². The number of aromatic nitrogens is 1. The highest BCUT2D eigenvalue weighted by Gasteiger charge is 2.33. The Labute approximate surface area is 255 Å². The molecule has 234 valence electrons. The summed E-state index contributed by atoms with van der Waals surface area (Å²) in [5.74, 6) is -0.437. The highest BCUT2D eigenvalue weighted by Crippen LogP contribution is 2.34. The van der Waals surface area contributed by atoms with Crippen LogP contribution in [0.1, 0.15) is 27.2 Å². The van der Waals surface area contributed by atoms with Crippen molar-refractivity contribution in [3.05, 3.63) is 107 Å². The minimum atomic E-state index is -4.52. The van der Waals surface area contributed by atoms with Crippen LogP contribution in [0.4, 0.5) is 32.0 Å². The van der Waals surface area contributed by atoms with Gasteiger partial charge in [0.25, 0.3) is 5.91 Å². The van der Waals surface area contributed by atoms with E-state index in [0.29, 0.717) is 53.0 Å². The predicted octanol–water partition coefficient (Wildman–Crippen LogP) is 7.02. The Morgan fingerprint density at radius 2 is 1.44 bits per heavy atom. The number of hydrogen-bond donors (Lipinski definition) is 1. The van der Waals surface area contributed by atoms with Crippen LogP contribution in [0.2, 0.25) is 0 Å². The molecule has 0 bridgehead atoms. The Bertz CT molecular complexity index is 1690. The normalized spacial score (nSPS) is 16.0. The molecule has 1 aromatic heterocycles. The zero-order valence-electron chi connectivity index (χ0n) is 24.0. The number of anilines is 1. The lowest BCUT2D eigenvalue weighted by atomic mass is 9.98. The maximum absolute atomic E-state index is 13.7. The fraction of sp³-hybridized carbons (Fsp3) is 0.242. The minimum Gasteiger partial charge on any atom is -0.387 e. The van der Waals surface area contributed by atoms with E-state index >= 15 is 0 Å². The molecule has 1 unspecified atom stereocenters. The Balaban J connectivity index is 1.29. The summed E-state index contributed by atoms with van der Waals surface area (Å²) >= 11 is 0. The molecule has 0 radical (unpaired) electrons. The zero-order chi connectivity index (χ0) is 32.4. The minimum absolute atomic E-state index is 0.210. The first-order valence-corrected chi connectivity index (χ1v) is 14.0. The summed E-state index contributed by atoms with van der Waals surface area (Å²) in [6.45, 7) is 1.19. The molecule has 0 aliphatic carbocycles. The van der Waals surface area contributed by atoms with Crippen molar-refractivity contribution < 1.29 is 35.9 Å². The molecular weight excluding hydrogens is 598 g/mol. The second kappa shape index (κ2) is 12.7. The van der Waals surface area contributed by atoms with E-state index in [-0.39, 0.29) is 18.7 Å². The van der Waals surface area contributed by atoms with Crippen LogP contribution in [0.25, 0.3) is 22.3 Å². The monoisotopic (exact) mass is 626 g/mol. The third-order valence-electron chi connectivity index (χ3n) is 7.70. The van der Waals surface area contributed by atoms with Crippen LogP contribution in [0.3, 0.4) is 0 Å². The first-order chi connectivity index (χ1) is 21.4. The topological polar surface area (TPSA) is 65.5 Å². The van der Waals surface area contributed by atoms with Gasteiger partial charge in [-0.2, -0.15) is 26.3 Å². The van der Waals surface area contributed by atoms with Crippen LogP contribution in [0.5, 0.6) is 0 Å². The molecule has 1 amide bonds.